The normalized spacial score (nSPS) is 19.1. The number of amides is 1. The van der Waals surface area contributed by atoms with Crippen LogP contribution in [0.3, 0.4) is 0 Å². The number of nitrogens with zero attached hydrogens (tertiary/aromatic N) is 1. The van der Waals surface area contributed by atoms with Gasteiger partial charge in [0.1, 0.15) is 0 Å². The lowest BCUT2D eigenvalue weighted by atomic mass is 9.83. The second kappa shape index (κ2) is 10.5. The summed E-state index contributed by atoms with van der Waals surface area (Å²) in [7, 11) is 0. The second-order valence-corrected chi connectivity index (χ2v) is 10.2. The maximum Gasteiger partial charge on any atom is 0.217 e. The molecule has 0 saturated carbocycles. The molecule has 2 aliphatic carbocycles. The molecule has 184 valence electrons. The van der Waals surface area contributed by atoms with E-state index in [1.165, 1.54) is 44.5 Å². The molecule has 1 unspecified atom stereocenters. The van der Waals surface area contributed by atoms with Crippen molar-refractivity contribution in [2.75, 3.05) is 19.6 Å². The predicted molar refractivity (Wildman–Crippen MR) is 151 cm³/mol. The number of fused-ring (bicyclic) bond motifs is 3. The van der Waals surface area contributed by atoms with Gasteiger partial charge in [-0.25, -0.2) is 0 Å². The first-order valence-electron chi connectivity index (χ1n) is 12.8. The van der Waals surface area contributed by atoms with Crippen molar-refractivity contribution in [1.82, 2.24) is 10.2 Å². The summed E-state index contributed by atoms with van der Waals surface area (Å²) in [6, 6.07) is 26.2. The molecular formula is C32H33ClN2O. The minimum absolute atomic E-state index is 0. The summed E-state index contributed by atoms with van der Waals surface area (Å²) >= 11 is 0. The Labute approximate surface area is 220 Å². The highest BCUT2D eigenvalue weighted by Crippen LogP contribution is 2.39. The first kappa shape index (κ1) is 24.5. The van der Waals surface area contributed by atoms with E-state index in [1.54, 1.807) is 6.92 Å². The summed E-state index contributed by atoms with van der Waals surface area (Å²) in [5.74, 6) is 0.694. The molecule has 1 atom stereocenters. The molecule has 1 fully saturated rings. The summed E-state index contributed by atoms with van der Waals surface area (Å²) in [5, 5.41) is 3.32. The van der Waals surface area contributed by atoms with Crippen LogP contribution in [0.4, 0.5) is 0 Å². The lowest BCUT2D eigenvalue weighted by molar-refractivity contribution is -0.119. The lowest BCUT2D eigenvalue weighted by Crippen LogP contribution is -2.50. The number of likely N-dealkylation sites (tertiary alicyclic amines) is 1. The molecule has 1 amide bonds. The predicted octanol–water partition coefficient (Wildman–Crippen LogP) is 6.02. The van der Waals surface area contributed by atoms with Crippen molar-refractivity contribution in [2.24, 2.45) is 5.92 Å². The highest BCUT2D eigenvalue weighted by molar-refractivity contribution is 5.95. The van der Waals surface area contributed by atoms with Gasteiger partial charge in [-0.1, -0.05) is 84.9 Å². The molecule has 36 heavy (non-hydrogen) atoms. The monoisotopic (exact) mass is 496 g/mol. The Balaban J connectivity index is 0.00000267. The number of piperidine rings is 1. The highest BCUT2D eigenvalue weighted by atomic mass is 35.5. The Morgan fingerprint density at radius 3 is 2.00 bits per heavy atom. The van der Waals surface area contributed by atoms with E-state index in [0.29, 0.717) is 5.92 Å². The van der Waals surface area contributed by atoms with Crippen LogP contribution in [0.2, 0.25) is 0 Å². The molecule has 3 nitrogen and oxygen atoms in total. The van der Waals surface area contributed by atoms with E-state index in [9.17, 15) is 4.79 Å². The van der Waals surface area contributed by atoms with Gasteiger partial charge in [0.05, 0.1) is 6.04 Å². The molecule has 0 aromatic heterocycles. The van der Waals surface area contributed by atoms with Crippen LogP contribution in [-0.4, -0.2) is 36.5 Å². The van der Waals surface area contributed by atoms with E-state index in [1.807, 2.05) is 0 Å². The molecular weight excluding hydrogens is 464 g/mol. The van der Waals surface area contributed by atoms with E-state index in [0.717, 1.165) is 38.9 Å². The number of hydrogen-bond donors (Lipinski definition) is 1. The zero-order valence-corrected chi connectivity index (χ0v) is 21.6. The molecule has 1 saturated heterocycles. The van der Waals surface area contributed by atoms with E-state index >= 15 is 0 Å². The van der Waals surface area contributed by atoms with Crippen molar-refractivity contribution in [3.05, 3.63) is 112 Å². The largest absolute Gasteiger partial charge is 0.349 e. The van der Waals surface area contributed by atoms with Crippen LogP contribution in [-0.2, 0) is 17.6 Å². The molecule has 1 N–H and O–H groups in total. The van der Waals surface area contributed by atoms with Crippen LogP contribution in [0.15, 0.2) is 78.4 Å². The fourth-order valence-electron chi connectivity index (χ4n) is 6.31. The van der Waals surface area contributed by atoms with Crippen molar-refractivity contribution in [3.63, 3.8) is 0 Å². The smallest absolute Gasteiger partial charge is 0.217 e. The molecule has 0 bridgehead atoms. The number of nitrogens with one attached hydrogen (secondary N) is 1. The van der Waals surface area contributed by atoms with E-state index < -0.39 is 0 Å². The molecule has 6 rings (SSSR count). The van der Waals surface area contributed by atoms with Crippen molar-refractivity contribution < 1.29 is 4.79 Å². The number of carbonyl (C=O) groups excluding carboxylic acids is 1. The standard InChI is InChI=1S/C32H32N2O.ClH/c1-22(35)33-31-21-34(20-23-18-26-10-2-3-11-27(26)19-23)17-16-30(31)32-28-12-6-4-8-24(28)14-15-25-9-5-7-13-29(25)32;/h2-15,23,31H,16-21H2,1H3,(H,33,35);1H. The van der Waals surface area contributed by atoms with Crippen molar-refractivity contribution in [3.8, 4) is 0 Å². The van der Waals surface area contributed by atoms with Gasteiger partial charge in [-0.2, -0.15) is 0 Å². The second-order valence-electron chi connectivity index (χ2n) is 10.2. The Morgan fingerprint density at radius 2 is 1.42 bits per heavy atom. The average Bonchev–Trinajstić information content (AvgIpc) is 3.19. The molecule has 0 radical (unpaired) electrons. The van der Waals surface area contributed by atoms with Crippen LogP contribution in [0, 0.1) is 5.92 Å². The summed E-state index contributed by atoms with van der Waals surface area (Å²) in [6.45, 7) is 4.62. The van der Waals surface area contributed by atoms with Gasteiger partial charge in [0.2, 0.25) is 5.91 Å². The number of carbonyl (C=O) groups is 1. The van der Waals surface area contributed by atoms with Gasteiger partial charge >= 0.3 is 0 Å². The van der Waals surface area contributed by atoms with Crippen LogP contribution >= 0.6 is 12.4 Å². The van der Waals surface area contributed by atoms with Crippen LogP contribution in [0.25, 0.3) is 17.7 Å². The molecule has 4 heteroatoms. The van der Waals surface area contributed by atoms with Gasteiger partial charge < -0.3 is 10.2 Å². The fraction of sp³-hybridized carbons (Fsp3) is 0.281. The van der Waals surface area contributed by atoms with E-state index in [-0.39, 0.29) is 24.4 Å². The van der Waals surface area contributed by atoms with Crippen LogP contribution in [0.5, 0.6) is 0 Å². The number of hydrogen-bond acceptors (Lipinski definition) is 2. The third-order valence-corrected chi connectivity index (χ3v) is 7.81. The van der Waals surface area contributed by atoms with Crippen LogP contribution < -0.4 is 5.32 Å². The molecule has 0 spiro atoms. The third kappa shape index (κ3) is 4.78. The number of halogens is 1. The van der Waals surface area contributed by atoms with Crippen molar-refractivity contribution in [1.29, 1.82) is 0 Å². The average molecular weight is 497 g/mol. The SMILES string of the molecule is CC(=O)NC1CN(CC2Cc3ccccc3C2)CCC1=C1c2ccccc2C=Cc2ccccc21.Cl. The Kier molecular flexibility index (Phi) is 7.13. The van der Waals surface area contributed by atoms with Gasteiger partial charge in [-0.3, -0.25) is 4.79 Å². The first-order valence-corrected chi connectivity index (χ1v) is 12.8. The van der Waals surface area contributed by atoms with Crippen LogP contribution in [0.1, 0.15) is 46.7 Å². The maximum atomic E-state index is 12.3. The first-order chi connectivity index (χ1) is 17.2. The summed E-state index contributed by atoms with van der Waals surface area (Å²) in [6.07, 6.45) is 7.74. The zero-order chi connectivity index (χ0) is 23.8. The molecule has 1 aliphatic heterocycles. The fourth-order valence-corrected chi connectivity index (χ4v) is 6.31. The Hall–Kier alpha value is -3.14. The summed E-state index contributed by atoms with van der Waals surface area (Å²) < 4.78 is 0. The topological polar surface area (TPSA) is 32.3 Å². The van der Waals surface area contributed by atoms with Gasteiger partial charge in [0.25, 0.3) is 0 Å². The van der Waals surface area contributed by atoms with E-state index in [2.05, 4.69) is 95.2 Å². The quantitative estimate of drug-likeness (QED) is 0.376. The molecule has 3 aliphatic rings. The van der Waals surface area contributed by atoms with Crippen molar-refractivity contribution in [2.45, 2.75) is 32.2 Å². The molecule has 1 heterocycles. The number of rotatable bonds is 3. The Bertz CT molecular complexity index is 1260. The minimum Gasteiger partial charge on any atom is -0.349 e. The Morgan fingerprint density at radius 1 is 0.861 bits per heavy atom. The maximum absolute atomic E-state index is 12.3. The summed E-state index contributed by atoms with van der Waals surface area (Å²) in [5.41, 5.74) is 10.7. The molecule has 3 aromatic carbocycles. The lowest BCUT2D eigenvalue weighted by Gasteiger charge is -2.38. The highest BCUT2D eigenvalue weighted by Gasteiger charge is 2.32. The zero-order valence-electron chi connectivity index (χ0n) is 20.7. The third-order valence-electron chi connectivity index (χ3n) is 7.81. The number of benzene rings is 3. The van der Waals surface area contributed by atoms with Gasteiger partial charge in [-0.05, 0) is 69.7 Å². The molecule has 3 aromatic rings. The summed E-state index contributed by atoms with van der Waals surface area (Å²) in [4.78, 5) is 14.9. The minimum atomic E-state index is 0. The van der Waals surface area contributed by atoms with E-state index in [4.69, 9.17) is 0 Å². The van der Waals surface area contributed by atoms with Gasteiger partial charge in [-0.15, -0.1) is 12.4 Å². The van der Waals surface area contributed by atoms with Gasteiger partial charge in [0, 0.05) is 26.6 Å². The van der Waals surface area contributed by atoms with Crippen molar-refractivity contribution >= 4 is 36.0 Å². The van der Waals surface area contributed by atoms with Gasteiger partial charge in [0.15, 0.2) is 0 Å².